The minimum absolute atomic E-state index is 0.0140. The number of carbonyl (C=O) groups is 1. The van der Waals surface area contributed by atoms with Crippen molar-refractivity contribution in [2.75, 3.05) is 7.11 Å². The van der Waals surface area contributed by atoms with E-state index in [1.807, 2.05) is 0 Å². The molecule has 2 aromatic rings. The largest absolute Gasteiger partial charge is 0.507 e. The predicted octanol–water partition coefficient (Wildman–Crippen LogP) is 3.47. The van der Waals surface area contributed by atoms with Gasteiger partial charge in [-0.2, -0.15) is 0 Å². The lowest BCUT2D eigenvalue weighted by Gasteiger charge is -2.12. The molecule has 0 bridgehead atoms. The van der Waals surface area contributed by atoms with Gasteiger partial charge in [-0.15, -0.1) is 0 Å². The molecule has 2 rings (SSSR count). The van der Waals surface area contributed by atoms with Gasteiger partial charge < -0.3 is 9.84 Å². The van der Waals surface area contributed by atoms with Gasteiger partial charge in [0, 0.05) is 11.1 Å². The molecular formula is C16H15FO3. The summed E-state index contributed by atoms with van der Waals surface area (Å²) in [6, 6.07) is 11.0. The molecule has 0 radical (unpaired) electrons. The number of phenolic OH excluding ortho intramolecular Hbond substituents is 1. The molecule has 0 fully saturated rings. The van der Waals surface area contributed by atoms with E-state index in [0.717, 1.165) is 0 Å². The Kier molecular flexibility index (Phi) is 4.03. The Morgan fingerprint density at radius 1 is 1.20 bits per heavy atom. The molecule has 0 aliphatic carbocycles. The molecule has 0 aliphatic rings. The van der Waals surface area contributed by atoms with E-state index in [9.17, 15) is 14.3 Å². The third-order valence-corrected chi connectivity index (χ3v) is 3.24. The molecule has 0 aliphatic heterocycles. The van der Waals surface area contributed by atoms with Gasteiger partial charge in [-0.05, 0) is 24.6 Å². The van der Waals surface area contributed by atoms with Crippen LogP contribution in [0.5, 0.6) is 5.75 Å². The molecule has 20 heavy (non-hydrogen) atoms. The highest BCUT2D eigenvalue weighted by Gasteiger charge is 2.18. The molecule has 0 saturated carbocycles. The second kappa shape index (κ2) is 5.74. The molecule has 1 atom stereocenters. The van der Waals surface area contributed by atoms with Gasteiger partial charge in [0.15, 0.2) is 0 Å². The highest BCUT2D eigenvalue weighted by Crippen LogP contribution is 2.32. The van der Waals surface area contributed by atoms with Crippen molar-refractivity contribution in [3.8, 4) is 16.9 Å². The monoisotopic (exact) mass is 274 g/mol. The number of rotatable bonds is 3. The third-order valence-electron chi connectivity index (χ3n) is 3.24. The first-order chi connectivity index (χ1) is 9.54. The smallest absolute Gasteiger partial charge is 0.312 e. The van der Waals surface area contributed by atoms with Crippen LogP contribution in [0.4, 0.5) is 4.39 Å². The number of carbonyl (C=O) groups excluding carboxylic acids is 1. The summed E-state index contributed by atoms with van der Waals surface area (Å²) in [5, 5.41) is 9.75. The molecule has 0 spiro atoms. The molecule has 0 amide bonds. The van der Waals surface area contributed by atoms with E-state index in [4.69, 9.17) is 0 Å². The summed E-state index contributed by atoms with van der Waals surface area (Å²) in [5.41, 5.74) is 1.25. The van der Waals surface area contributed by atoms with Gasteiger partial charge in [-0.25, -0.2) is 4.39 Å². The van der Waals surface area contributed by atoms with Crippen LogP contribution >= 0.6 is 0 Å². The maximum absolute atomic E-state index is 14.2. The number of halogens is 1. The lowest BCUT2D eigenvalue weighted by molar-refractivity contribution is -0.141. The van der Waals surface area contributed by atoms with E-state index in [2.05, 4.69) is 4.74 Å². The highest BCUT2D eigenvalue weighted by atomic mass is 19.1. The number of hydrogen-bond acceptors (Lipinski definition) is 3. The number of esters is 1. The van der Waals surface area contributed by atoms with Crippen LogP contribution in [0.15, 0.2) is 42.5 Å². The number of phenols is 1. The van der Waals surface area contributed by atoms with Crippen LogP contribution < -0.4 is 0 Å². The second-order valence-electron chi connectivity index (χ2n) is 4.50. The molecule has 2 aromatic carbocycles. The summed E-state index contributed by atoms with van der Waals surface area (Å²) >= 11 is 0. The number of hydrogen-bond donors (Lipinski definition) is 1. The van der Waals surface area contributed by atoms with Crippen LogP contribution in [-0.4, -0.2) is 18.2 Å². The number of aromatic hydroxyl groups is 1. The Bertz CT molecular complexity index is 637. The summed E-state index contributed by atoms with van der Waals surface area (Å²) in [6.45, 7) is 1.65. The van der Waals surface area contributed by atoms with E-state index >= 15 is 0 Å². The normalized spacial score (nSPS) is 11.9. The van der Waals surface area contributed by atoms with Crippen molar-refractivity contribution in [1.82, 2.24) is 0 Å². The fourth-order valence-corrected chi connectivity index (χ4v) is 2.03. The summed E-state index contributed by atoms with van der Waals surface area (Å²) in [4.78, 5) is 11.4. The second-order valence-corrected chi connectivity index (χ2v) is 4.50. The zero-order valence-corrected chi connectivity index (χ0v) is 11.3. The number of ether oxygens (including phenoxy) is 1. The molecule has 0 heterocycles. The summed E-state index contributed by atoms with van der Waals surface area (Å²) in [6.07, 6.45) is 0. The van der Waals surface area contributed by atoms with E-state index in [1.54, 1.807) is 37.3 Å². The van der Waals surface area contributed by atoms with Crippen LogP contribution in [-0.2, 0) is 9.53 Å². The lowest BCUT2D eigenvalue weighted by Crippen LogP contribution is -2.11. The average Bonchev–Trinajstić information content (AvgIpc) is 2.46. The van der Waals surface area contributed by atoms with Crippen molar-refractivity contribution < 1.29 is 19.0 Å². The average molecular weight is 274 g/mol. The van der Waals surface area contributed by atoms with Gasteiger partial charge in [-0.1, -0.05) is 30.3 Å². The van der Waals surface area contributed by atoms with Crippen LogP contribution in [0.3, 0.4) is 0 Å². The number of para-hydroxylation sites is 1. The van der Waals surface area contributed by atoms with Gasteiger partial charge >= 0.3 is 5.97 Å². The third kappa shape index (κ3) is 2.64. The standard InChI is InChI=1S/C16H15FO3/c1-10(16(19)20-2)11-7-8-12(14(17)9-11)13-5-3-4-6-15(13)18/h3-10,18H,1-2H3. The van der Waals surface area contributed by atoms with Crippen LogP contribution in [0, 0.1) is 5.82 Å². The zero-order chi connectivity index (χ0) is 14.7. The fourth-order valence-electron chi connectivity index (χ4n) is 2.03. The minimum Gasteiger partial charge on any atom is -0.507 e. The maximum Gasteiger partial charge on any atom is 0.312 e. The zero-order valence-electron chi connectivity index (χ0n) is 11.3. The Hall–Kier alpha value is -2.36. The van der Waals surface area contributed by atoms with Gasteiger partial charge in [0.05, 0.1) is 13.0 Å². The van der Waals surface area contributed by atoms with E-state index in [0.29, 0.717) is 16.7 Å². The Morgan fingerprint density at radius 2 is 1.90 bits per heavy atom. The van der Waals surface area contributed by atoms with E-state index < -0.39 is 17.7 Å². The first kappa shape index (κ1) is 14.1. The van der Waals surface area contributed by atoms with Crippen LogP contribution in [0.1, 0.15) is 18.4 Å². The highest BCUT2D eigenvalue weighted by molar-refractivity contribution is 5.78. The number of methoxy groups -OCH3 is 1. The summed E-state index contributed by atoms with van der Waals surface area (Å²) < 4.78 is 18.8. The van der Waals surface area contributed by atoms with Crippen molar-refractivity contribution in [2.24, 2.45) is 0 Å². The Morgan fingerprint density at radius 3 is 2.50 bits per heavy atom. The number of benzene rings is 2. The molecule has 1 unspecified atom stereocenters. The van der Waals surface area contributed by atoms with Crippen molar-refractivity contribution >= 4 is 5.97 Å². The van der Waals surface area contributed by atoms with Gasteiger partial charge in [0.2, 0.25) is 0 Å². The Labute approximate surface area is 116 Å². The molecule has 4 heteroatoms. The topological polar surface area (TPSA) is 46.5 Å². The van der Waals surface area contributed by atoms with Crippen molar-refractivity contribution in [3.05, 3.63) is 53.8 Å². The predicted molar refractivity (Wildman–Crippen MR) is 73.9 cm³/mol. The molecule has 104 valence electrons. The fraction of sp³-hybridized carbons (Fsp3) is 0.188. The Balaban J connectivity index is 2.41. The minimum atomic E-state index is -0.534. The molecule has 0 saturated heterocycles. The van der Waals surface area contributed by atoms with E-state index in [1.165, 1.54) is 19.2 Å². The van der Waals surface area contributed by atoms with Gasteiger partial charge in [-0.3, -0.25) is 4.79 Å². The molecule has 0 aromatic heterocycles. The van der Waals surface area contributed by atoms with Gasteiger partial charge in [0.1, 0.15) is 11.6 Å². The van der Waals surface area contributed by atoms with E-state index in [-0.39, 0.29) is 5.75 Å². The van der Waals surface area contributed by atoms with Crippen molar-refractivity contribution in [2.45, 2.75) is 12.8 Å². The molecule has 3 nitrogen and oxygen atoms in total. The quantitative estimate of drug-likeness (QED) is 0.872. The lowest BCUT2D eigenvalue weighted by atomic mass is 9.96. The summed E-state index contributed by atoms with van der Waals surface area (Å²) in [7, 11) is 1.30. The SMILES string of the molecule is COC(=O)C(C)c1ccc(-c2ccccc2O)c(F)c1. The maximum atomic E-state index is 14.2. The van der Waals surface area contributed by atoms with Gasteiger partial charge in [0.25, 0.3) is 0 Å². The summed E-state index contributed by atoms with van der Waals surface area (Å²) in [5.74, 6) is -1.42. The van der Waals surface area contributed by atoms with Crippen LogP contribution in [0.25, 0.3) is 11.1 Å². The van der Waals surface area contributed by atoms with Crippen LogP contribution in [0.2, 0.25) is 0 Å². The molecule has 1 N–H and O–H groups in total. The first-order valence-corrected chi connectivity index (χ1v) is 6.20. The van der Waals surface area contributed by atoms with Crippen molar-refractivity contribution in [1.29, 1.82) is 0 Å². The molecular weight excluding hydrogens is 259 g/mol. The first-order valence-electron chi connectivity index (χ1n) is 6.20. The van der Waals surface area contributed by atoms with Crippen molar-refractivity contribution in [3.63, 3.8) is 0 Å².